The highest BCUT2D eigenvalue weighted by Gasteiger charge is 2.11. The number of hydrogen-bond donors (Lipinski definition) is 1. The first kappa shape index (κ1) is 14.8. The Hall–Kier alpha value is -2.60. The van der Waals surface area contributed by atoms with Crippen molar-refractivity contribution in [3.63, 3.8) is 0 Å². The number of nitro benzene ring substituents is 1. The average molecular weight is 307 g/mol. The van der Waals surface area contributed by atoms with Gasteiger partial charge < -0.3 is 10.1 Å². The Morgan fingerprint density at radius 3 is 2.57 bits per heavy atom. The van der Waals surface area contributed by atoms with Crippen LogP contribution in [0, 0.1) is 10.1 Å². The predicted molar refractivity (Wildman–Crippen MR) is 78.7 cm³/mol. The smallest absolute Gasteiger partial charge is 0.271 e. The molecule has 0 heterocycles. The van der Waals surface area contributed by atoms with E-state index in [4.69, 9.17) is 16.3 Å². The van der Waals surface area contributed by atoms with Crippen LogP contribution in [0.3, 0.4) is 0 Å². The molecule has 0 saturated heterocycles. The molecule has 0 saturated carbocycles. The molecule has 0 fully saturated rings. The van der Waals surface area contributed by atoms with Crippen molar-refractivity contribution in [1.29, 1.82) is 0 Å². The van der Waals surface area contributed by atoms with Crippen LogP contribution in [0.15, 0.2) is 48.5 Å². The van der Waals surface area contributed by atoms with Gasteiger partial charge in [-0.2, -0.15) is 0 Å². The monoisotopic (exact) mass is 306 g/mol. The van der Waals surface area contributed by atoms with Crippen molar-refractivity contribution in [1.82, 2.24) is 0 Å². The van der Waals surface area contributed by atoms with Gasteiger partial charge in [-0.25, -0.2) is 0 Å². The van der Waals surface area contributed by atoms with Crippen molar-refractivity contribution in [2.45, 2.75) is 0 Å². The van der Waals surface area contributed by atoms with E-state index in [1.54, 1.807) is 24.3 Å². The third-order valence-electron chi connectivity index (χ3n) is 2.54. The Labute approximate surface area is 125 Å². The van der Waals surface area contributed by atoms with Gasteiger partial charge >= 0.3 is 0 Å². The maximum atomic E-state index is 11.7. The number of nitrogens with one attached hydrogen (secondary N) is 1. The highest BCUT2D eigenvalue weighted by atomic mass is 35.5. The lowest BCUT2D eigenvalue weighted by Gasteiger charge is -2.08. The van der Waals surface area contributed by atoms with Gasteiger partial charge in [0.25, 0.3) is 11.6 Å². The Kier molecular flexibility index (Phi) is 4.73. The fourth-order valence-electron chi connectivity index (χ4n) is 1.58. The van der Waals surface area contributed by atoms with Gasteiger partial charge in [-0.15, -0.1) is 0 Å². The van der Waals surface area contributed by atoms with Gasteiger partial charge in [0, 0.05) is 17.8 Å². The standard InChI is InChI=1S/C14H11ClN2O4/c15-12-8-11(17(19)20)6-7-13(12)21-9-14(18)16-10-4-2-1-3-5-10/h1-8H,9H2,(H,16,18). The van der Waals surface area contributed by atoms with E-state index in [1.165, 1.54) is 18.2 Å². The maximum Gasteiger partial charge on any atom is 0.271 e. The summed E-state index contributed by atoms with van der Waals surface area (Å²) in [5.41, 5.74) is 0.516. The van der Waals surface area contributed by atoms with E-state index in [-0.39, 0.29) is 29.0 Å². The molecule has 0 spiro atoms. The second-order valence-electron chi connectivity index (χ2n) is 4.07. The SMILES string of the molecule is O=C(COc1ccc([N+](=O)[O-])cc1Cl)Nc1ccccc1. The van der Waals surface area contributed by atoms with Gasteiger partial charge in [-0.3, -0.25) is 14.9 Å². The molecule has 21 heavy (non-hydrogen) atoms. The molecule has 0 radical (unpaired) electrons. The van der Waals surface area contributed by atoms with Crippen LogP contribution < -0.4 is 10.1 Å². The molecule has 108 valence electrons. The van der Waals surface area contributed by atoms with Crippen molar-refractivity contribution in [3.05, 3.63) is 63.7 Å². The molecule has 1 amide bonds. The number of rotatable bonds is 5. The van der Waals surface area contributed by atoms with E-state index in [2.05, 4.69) is 5.32 Å². The normalized spacial score (nSPS) is 9.95. The van der Waals surface area contributed by atoms with Crippen LogP contribution >= 0.6 is 11.6 Å². The number of nitro groups is 1. The quantitative estimate of drug-likeness (QED) is 0.679. The minimum absolute atomic E-state index is 0.0803. The lowest BCUT2D eigenvalue weighted by molar-refractivity contribution is -0.384. The zero-order valence-corrected chi connectivity index (χ0v) is 11.5. The van der Waals surface area contributed by atoms with Gasteiger partial charge in [0.2, 0.25) is 0 Å². The number of amides is 1. The van der Waals surface area contributed by atoms with E-state index in [9.17, 15) is 14.9 Å². The Morgan fingerprint density at radius 1 is 1.24 bits per heavy atom. The largest absolute Gasteiger partial charge is 0.482 e. The minimum Gasteiger partial charge on any atom is -0.482 e. The van der Waals surface area contributed by atoms with Crippen LogP contribution in [-0.4, -0.2) is 17.4 Å². The lowest BCUT2D eigenvalue weighted by Crippen LogP contribution is -2.20. The van der Waals surface area contributed by atoms with Gasteiger partial charge in [0.05, 0.1) is 9.95 Å². The second-order valence-corrected chi connectivity index (χ2v) is 4.48. The van der Waals surface area contributed by atoms with Crippen LogP contribution in [0.5, 0.6) is 5.75 Å². The van der Waals surface area contributed by atoms with Crippen LogP contribution in [0.4, 0.5) is 11.4 Å². The van der Waals surface area contributed by atoms with Crippen molar-refractivity contribution in [3.8, 4) is 5.75 Å². The van der Waals surface area contributed by atoms with E-state index < -0.39 is 4.92 Å². The van der Waals surface area contributed by atoms with Crippen LogP contribution in [0.2, 0.25) is 5.02 Å². The molecule has 0 bridgehead atoms. The summed E-state index contributed by atoms with van der Waals surface area (Å²) < 4.78 is 5.24. The molecule has 7 heteroatoms. The number of hydrogen-bond acceptors (Lipinski definition) is 4. The molecule has 6 nitrogen and oxygen atoms in total. The van der Waals surface area contributed by atoms with Gasteiger partial charge in [-0.1, -0.05) is 29.8 Å². The molecule has 0 atom stereocenters. The summed E-state index contributed by atoms with van der Waals surface area (Å²) in [6, 6.07) is 12.7. The fourth-order valence-corrected chi connectivity index (χ4v) is 1.81. The average Bonchev–Trinajstić information content (AvgIpc) is 2.47. The summed E-state index contributed by atoms with van der Waals surface area (Å²) in [5, 5.41) is 13.3. The summed E-state index contributed by atoms with van der Waals surface area (Å²) in [5.74, 6) is -0.138. The number of para-hydroxylation sites is 1. The van der Waals surface area contributed by atoms with Crippen molar-refractivity contribution >= 4 is 28.9 Å². The van der Waals surface area contributed by atoms with Crippen molar-refractivity contribution in [2.24, 2.45) is 0 Å². The van der Waals surface area contributed by atoms with E-state index >= 15 is 0 Å². The van der Waals surface area contributed by atoms with Crippen LogP contribution in [0.1, 0.15) is 0 Å². The third-order valence-corrected chi connectivity index (χ3v) is 2.84. The molecule has 0 aliphatic heterocycles. The van der Waals surface area contributed by atoms with Gasteiger partial charge in [0.15, 0.2) is 6.61 Å². The number of nitrogens with zero attached hydrogens (tertiary/aromatic N) is 1. The van der Waals surface area contributed by atoms with Gasteiger partial charge in [-0.05, 0) is 18.2 Å². The number of non-ortho nitro benzene ring substituents is 1. The summed E-state index contributed by atoms with van der Waals surface area (Å²) >= 11 is 5.86. The van der Waals surface area contributed by atoms with Gasteiger partial charge in [0.1, 0.15) is 5.75 Å². The topological polar surface area (TPSA) is 81.5 Å². The number of halogens is 1. The minimum atomic E-state index is -0.558. The lowest BCUT2D eigenvalue weighted by atomic mass is 10.3. The molecule has 1 N–H and O–H groups in total. The van der Waals surface area contributed by atoms with Crippen LogP contribution in [0.25, 0.3) is 0 Å². The summed E-state index contributed by atoms with van der Waals surface area (Å²) in [6.45, 7) is -0.244. The molecule has 0 aromatic heterocycles. The summed E-state index contributed by atoms with van der Waals surface area (Å²) in [4.78, 5) is 21.7. The number of benzene rings is 2. The molecule has 2 rings (SSSR count). The first-order chi connectivity index (χ1) is 10.1. The van der Waals surface area contributed by atoms with Crippen molar-refractivity contribution < 1.29 is 14.5 Å². The van der Waals surface area contributed by atoms with E-state index in [1.807, 2.05) is 6.07 Å². The number of carbonyl (C=O) groups is 1. The van der Waals surface area contributed by atoms with Crippen molar-refractivity contribution in [2.75, 3.05) is 11.9 Å². The number of carbonyl (C=O) groups excluding carboxylic acids is 1. The molecule has 0 aliphatic rings. The van der Waals surface area contributed by atoms with Crippen LogP contribution in [-0.2, 0) is 4.79 Å². The third kappa shape index (κ3) is 4.19. The zero-order chi connectivity index (χ0) is 15.2. The fraction of sp³-hybridized carbons (Fsp3) is 0.0714. The molecular weight excluding hydrogens is 296 g/mol. The Bertz CT molecular complexity index is 661. The van der Waals surface area contributed by atoms with E-state index in [0.717, 1.165) is 0 Å². The molecule has 0 unspecified atom stereocenters. The second kappa shape index (κ2) is 6.71. The zero-order valence-electron chi connectivity index (χ0n) is 10.8. The summed E-state index contributed by atoms with van der Waals surface area (Å²) in [7, 11) is 0. The highest BCUT2D eigenvalue weighted by Crippen LogP contribution is 2.28. The molecule has 2 aromatic rings. The Morgan fingerprint density at radius 2 is 1.95 bits per heavy atom. The molecular formula is C14H11ClN2O4. The number of anilines is 1. The molecule has 0 aliphatic carbocycles. The Balaban J connectivity index is 1.94. The maximum absolute atomic E-state index is 11.7. The molecule has 2 aromatic carbocycles. The predicted octanol–water partition coefficient (Wildman–Crippen LogP) is 3.27. The summed E-state index contributed by atoms with van der Waals surface area (Å²) in [6.07, 6.45) is 0. The van der Waals surface area contributed by atoms with E-state index in [0.29, 0.717) is 5.69 Å². The first-order valence-corrected chi connectivity index (χ1v) is 6.35. The first-order valence-electron chi connectivity index (χ1n) is 5.98. The highest BCUT2D eigenvalue weighted by molar-refractivity contribution is 6.32. The number of ether oxygens (including phenoxy) is 1.